The molecule has 0 saturated heterocycles. The highest BCUT2D eigenvalue weighted by molar-refractivity contribution is 5.81. The van der Waals surface area contributed by atoms with Crippen LogP contribution in [0.15, 0.2) is 69.0 Å². The lowest BCUT2D eigenvalue weighted by Crippen LogP contribution is -2.36. The van der Waals surface area contributed by atoms with Gasteiger partial charge in [0.1, 0.15) is 6.33 Å². The number of hydrogen-bond acceptors (Lipinski definition) is 7. The van der Waals surface area contributed by atoms with Crippen LogP contribution < -0.4 is 11.3 Å². The number of rotatable bonds is 8. The number of aryl methyl sites for hydroxylation is 1. The van der Waals surface area contributed by atoms with Gasteiger partial charge in [0, 0.05) is 30.2 Å². The molecule has 1 saturated carbocycles. The molecule has 0 unspecified atom stereocenters. The molecular formula is C31H34N6O4. The minimum absolute atomic E-state index is 0.0144. The van der Waals surface area contributed by atoms with Crippen LogP contribution in [0.25, 0.3) is 28.3 Å². The van der Waals surface area contributed by atoms with Crippen LogP contribution >= 0.6 is 0 Å². The predicted molar refractivity (Wildman–Crippen MR) is 155 cm³/mol. The van der Waals surface area contributed by atoms with Crippen molar-refractivity contribution in [3.8, 4) is 22.5 Å². The van der Waals surface area contributed by atoms with Gasteiger partial charge in [0.15, 0.2) is 5.82 Å². The van der Waals surface area contributed by atoms with E-state index in [9.17, 15) is 14.7 Å². The van der Waals surface area contributed by atoms with Crippen LogP contribution in [0.1, 0.15) is 68.8 Å². The number of aromatic nitrogens is 6. The number of hydrogen-bond donors (Lipinski definition) is 2. The van der Waals surface area contributed by atoms with Crippen molar-refractivity contribution in [1.82, 2.24) is 29.3 Å². The molecule has 1 aliphatic rings. The van der Waals surface area contributed by atoms with Gasteiger partial charge in [0.25, 0.3) is 5.56 Å². The lowest BCUT2D eigenvalue weighted by atomic mass is 9.74. The summed E-state index contributed by atoms with van der Waals surface area (Å²) in [5, 5.41) is 18.4. The molecule has 2 N–H and O–H groups in total. The van der Waals surface area contributed by atoms with Crippen molar-refractivity contribution < 1.29 is 9.63 Å². The fourth-order valence-corrected chi connectivity index (χ4v) is 6.11. The highest BCUT2D eigenvalue weighted by atomic mass is 16.5. The monoisotopic (exact) mass is 554 g/mol. The van der Waals surface area contributed by atoms with Crippen LogP contribution in [0.2, 0.25) is 0 Å². The number of fused-ring (bicyclic) bond motifs is 1. The first kappa shape index (κ1) is 26.9. The SMILES string of the molecule is CCCc1c(Cc2ccc(-c3ccccc3)c(-c3noc(=O)[nH]3)c2)c(=O)n(C2CCC(C)(CO)CC2)c2ncnn12. The summed E-state index contributed by atoms with van der Waals surface area (Å²) < 4.78 is 8.49. The number of benzene rings is 2. The van der Waals surface area contributed by atoms with Gasteiger partial charge in [-0.3, -0.25) is 18.9 Å². The molecule has 3 heterocycles. The minimum Gasteiger partial charge on any atom is -0.396 e. The maximum Gasteiger partial charge on any atom is 0.439 e. The maximum atomic E-state index is 14.3. The largest absolute Gasteiger partial charge is 0.439 e. The summed E-state index contributed by atoms with van der Waals surface area (Å²) in [7, 11) is 0. The molecule has 0 radical (unpaired) electrons. The van der Waals surface area contributed by atoms with Gasteiger partial charge in [-0.25, -0.2) is 9.31 Å². The van der Waals surface area contributed by atoms with Gasteiger partial charge in [-0.2, -0.15) is 10.1 Å². The summed E-state index contributed by atoms with van der Waals surface area (Å²) in [6.45, 7) is 4.34. The summed E-state index contributed by atoms with van der Waals surface area (Å²) in [6.07, 6.45) is 6.70. The normalized spacial score (nSPS) is 19.1. The number of aliphatic hydroxyl groups is 1. The molecule has 6 rings (SSSR count). The van der Waals surface area contributed by atoms with Crippen LogP contribution in [-0.2, 0) is 12.8 Å². The van der Waals surface area contributed by atoms with Gasteiger partial charge in [-0.15, -0.1) is 0 Å². The van der Waals surface area contributed by atoms with E-state index in [2.05, 4.69) is 34.1 Å². The lowest BCUT2D eigenvalue weighted by Gasteiger charge is -2.36. The van der Waals surface area contributed by atoms with Gasteiger partial charge in [0.05, 0.1) is 5.69 Å². The van der Waals surface area contributed by atoms with Crippen molar-refractivity contribution in [3.63, 3.8) is 0 Å². The Hall–Kier alpha value is -4.31. The van der Waals surface area contributed by atoms with Crippen molar-refractivity contribution >= 4 is 5.78 Å². The van der Waals surface area contributed by atoms with Gasteiger partial charge < -0.3 is 5.11 Å². The second-order valence-electron chi connectivity index (χ2n) is 11.4. The van der Waals surface area contributed by atoms with Crippen molar-refractivity contribution in [2.45, 2.75) is 64.8 Å². The molecule has 0 amide bonds. The topological polar surface area (TPSA) is 131 Å². The Morgan fingerprint density at radius 2 is 1.88 bits per heavy atom. The lowest BCUT2D eigenvalue weighted by molar-refractivity contribution is 0.0828. The summed E-state index contributed by atoms with van der Waals surface area (Å²) >= 11 is 0. The van der Waals surface area contributed by atoms with E-state index in [1.165, 1.54) is 6.33 Å². The van der Waals surface area contributed by atoms with Gasteiger partial charge in [-0.05, 0) is 60.3 Å². The summed E-state index contributed by atoms with van der Waals surface area (Å²) in [4.78, 5) is 33.3. The first-order chi connectivity index (χ1) is 19.9. The number of nitrogens with one attached hydrogen (secondary N) is 1. The average molecular weight is 555 g/mol. The minimum atomic E-state index is -0.626. The van der Waals surface area contributed by atoms with E-state index in [0.717, 1.165) is 54.5 Å². The van der Waals surface area contributed by atoms with E-state index in [4.69, 9.17) is 4.52 Å². The van der Waals surface area contributed by atoms with Gasteiger partial charge in [-0.1, -0.05) is 67.9 Å². The molecule has 10 heteroatoms. The average Bonchev–Trinajstić information content (AvgIpc) is 3.66. The Labute approximate surface area is 236 Å². The smallest absolute Gasteiger partial charge is 0.396 e. The van der Waals surface area contributed by atoms with E-state index in [-0.39, 0.29) is 23.6 Å². The number of nitrogens with zero attached hydrogens (tertiary/aromatic N) is 5. The fourth-order valence-electron chi connectivity index (χ4n) is 6.11. The van der Waals surface area contributed by atoms with E-state index < -0.39 is 5.76 Å². The summed E-state index contributed by atoms with van der Waals surface area (Å²) in [6, 6.07) is 15.8. The quantitative estimate of drug-likeness (QED) is 0.287. The van der Waals surface area contributed by atoms with E-state index in [1.807, 2.05) is 57.6 Å². The second-order valence-corrected chi connectivity index (χ2v) is 11.4. The molecular weight excluding hydrogens is 520 g/mol. The zero-order chi connectivity index (χ0) is 28.6. The molecule has 1 aliphatic carbocycles. The van der Waals surface area contributed by atoms with Crippen LogP contribution in [0.4, 0.5) is 0 Å². The van der Waals surface area contributed by atoms with Gasteiger partial charge in [0.2, 0.25) is 5.78 Å². The molecule has 41 heavy (non-hydrogen) atoms. The van der Waals surface area contributed by atoms with Gasteiger partial charge >= 0.3 is 5.76 Å². The fraction of sp³-hybridized carbons (Fsp3) is 0.387. The summed E-state index contributed by atoms with van der Waals surface area (Å²) in [5.41, 5.74) is 4.88. The van der Waals surface area contributed by atoms with Crippen molar-refractivity contribution in [1.29, 1.82) is 0 Å². The van der Waals surface area contributed by atoms with Crippen LogP contribution in [0, 0.1) is 5.41 Å². The maximum absolute atomic E-state index is 14.3. The Morgan fingerprint density at radius 3 is 2.56 bits per heavy atom. The first-order valence-corrected chi connectivity index (χ1v) is 14.2. The van der Waals surface area contributed by atoms with E-state index in [1.54, 1.807) is 0 Å². The number of H-pyrrole nitrogens is 1. The molecule has 3 aromatic heterocycles. The molecule has 5 aromatic rings. The number of aromatic amines is 1. The highest BCUT2D eigenvalue weighted by Crippen LogP contribution is 2.40. The third-order valence-electron chi connectivity index (χ3n) is 8.47. The van der Waals surface area contributed by atoms with Crippen LogP contribution in [0.5, 0.6) is 0 Å². The van der Waals surface area contributed by atoms with E-state index in [0.29, 0.717) is 35.6 Å². The third-order valence-corrected chi connectivity index (χ3v) is 8.47. The summed E-state index contributed by atoms with van der Waals surface area (Å²) in [5.74, 6) is 0.279. The Kier molecular flexibility index (Phi) is 7.17. The third kappa shape index (κ3) is 5.04. The van der Waals surface area contributed by atoms with Crippen molar-refractivity contribution in [2.24, 2.45) is 5.41 Å². The standard InChI is InChI=1S/C31H34N6O4/c1-3-7-26-25(28(39)36(29-32-19-33-37(26)29)22-12-14-31(2,18-38)15-13-22)17-20-10-11-23(21-8-5-4-6-9-21)24(16-20)27-34-30(40)41-35-27/h4-6,8-11,16,19,22,38H,3,7,12-15,17-18H2,1-2H3,(H,34,35,40). The Morgan fingerprint density at radius 1 is 1.10 bits per heavy atom. The Balaban J connectivity index is 1.47. The second kappa shape index (κ2) is 10.9. The van der Waals surface area contributed by atoms with Crippen LogP contribution in [-0.4, -0.2) is 41.0 Å². The van der Waals surface area contributed by atoms with E-state index >= 15 is 0 Å². The zero-order valence-electron chi connectivity index (χ0n) is 23.3. The molecule has 0 spiro atoms. The molecule has 0 bridgehead atoms. The Bertz CT molecular complexity index is 1790. The molecule has 0 aliphatic heterocycles. The zero-order valence-corrected chi connectivity index (χ0v) is 23.3. The molecule has 0 atom stereocenters. The molecule has 2 aromatic carbocycles. The first-order valence-electron chi connectivity index (χ1n) is 14.2. The predicted octanol–water partition coefficient (Wildman–Crippen LogP) is 4.56. The molecule has 10 nitrogen and oxygen atoms in total. The molecule has 212 valence electrons. The van der Waals surface area contributed by atoms with Crippen molar-refractivity contribution in [3.05, 3.63) is 92.6 Å². The molecule has 1 fully saturated rings. The van der Waals surface area contributed by atoms with Crippen LogP contribution in [0.3, 0.4) is 0 Å². The highest BCUT2D eigenvalue weighted by Gasteiger charge is 2.33. The van der Waals surface area contributed by atoms with Crippen molar-refractivity contribution in [2.75, 3.05) is 6.61 Å². The number of aliphatic hydroxyl groups excluding tert-OH is 1.